The van der Waals surface area contributed by atoms with Crippen LogP contribution in [0.5, 0.6) is 0 Å². The van der Waals surface area contributed by atoms with E-state index in [1.54, 1.807) is 0 Å². The van der Waals surface area contributed by atoms with E-state index < -0.39 is 40.0 Å². The highest BCUT2D eigenvalue weighted by Crippen LogP contribution is 2.32. The first kappa shape index (κ1) is 19.5. The van der Waals surface area contributed by atoms with Gasteiger partial charge in [0, 0.05) is 37.0 Å². The summed E-state index contributed by atoms with van der Waals surface area (Å²) in [5, 5.41) is 3.11. The molecule has 0 spiro atoms. The van der Waals surface area contributed by atoms with Gasteiger partial charge in [0.15, 0.2) is 0 Å². The molecule has 0 fully saturated rings. The van der Waals surface area contributed by atoms with E-state index in [4.69, 9.17) is 11.6 Å². The molecule has 1 aliphatic heterocycles. The number of amides is 1. The number of halogens is 4. The number of nitrogens with one attached hydrogen (secondary N) is 2. The molecule has 9 heteroatoms. The molecule has 0 radical (unpaired) electrons. The van der Waals surface area contributed by atoms with Crippen LogP contribution in [0.25, 0.3) is 10.8 Å². The lowest BCUT2D eigenvalue weighted by Crippen LogP contribution is -2.42. The number of hydrogen-bond donors (Lipinski definition) is 2. The van der Waals surface area contributed by atoms with E-state index in [1.165, 1.54) is 24.1 Å². The number of carbonyl (C=O) groups is 1. The molecule has 150 valence electrons. The van der Waals surface area contributed by atoms with Gasteiger partial charge in [-0.3, -0.25) is 9.59 Å². The van der Waals surface area contributed by atoms with Gasteiger partial charge in [0.1, 0.15) is 22.5 Å². The third-order valence-corrected chi connectivity index (χ3v) is 5.46. The molecule has 4 rings (SSSR count). The summed E-state index contributed by atoms with van der Waals surface area (Å²) in [4.78, 5) is 29.3. The number of hydrogen-bond acceptors (Lipinski definition) is 3. The van der Waals surface area contributed by atoms with Gasteiger partial charge in [0.05, 0.1) is 11.4 Å². The molecule has 1 aliphatic rings. The Morgan fingerprint density at radius 2 is 1.83 bits per heavy atom. The minimum atomic E-state index is -1.03. The van der Waals surface area contributed by atoms with Crippen LogP contribution in [-0.4, -0.2) is 29.4 Å². The van der Waals surface area contributed by atoms with Crippen molar-refractivity contribution in [3.05, 3.63) is 80.0 Å². The number of likely N-dealkylation sites (N-methyl/N-ethyl adjacent to an activating group) is 1. The van der Waals surface area contributed by atoms with E-state index in [0.29, 0.717) is 29.7 Å². The molecule has 1 atom stereocenters. The van der Waals surface area contributed by atoms with Gasteiger partial charge >= 0.3 is 0 Å². The predicted molar refractivity (Wildman–Crippen MR) is 102 cm³/mol. The standard InChI is InChI=1S/C20H15ClF3N3O2/c1-27(20(29)9-4-13(23)18(21)14(24)5-9)16-8-25-7-15-17(16)11-3-2-10(22)6-12(11)19(28)26-15/h2-6,16,25H,7-8H2,1H3,(H,26,28). The zero-order valence-electron chi connectivity index (χ0n) is 15.2. The second-order valence-electron chi connectivity index (χ2n) is 6.85. The Balaban J connectivity index is 1.82. The minimum absolute atomic E-state index is 0.167. The first-order valence-corrected chi connectivity index (χ1v) is 9.12. The van der Waals surface area contributed by atoms with Crippen LogP contribution in [0.3, 0.4) is 0 Å². The normalized spacial score (nSPS) is 16.0. The van der Waals surface area contributed by atoms with Gasteiger partial charge in [-0.25, -0.2) is 13.2 Å². The van der Waals surface area contributed by atoms with Crippen molar-refractivity contribution in [1.82, 2.24) is 15.2 Å². The molecule has 0 saturated carbocycles. The third-order valence-electron chi connectivity index (χ3n) is 5.10. The number of fused-ring (bicyclic) bond motifs is 3. The summed E-state index contributed by atoms with van der Waals surface area (Å²) in [6.45, 7) is 0.701. The molecule has 29 heavy (non-hydrogen) atoms. The maximum atomic E-state index is 13.8. The van der Waals surface area contributed by atoms with Crippen molar-refractivity contribution in [3.8, 4) is 0 Å². The van der Waals surface area contributed by atoms with Crippen LogP contribution < -0.4 is 10.9 Å². The number of H-pyrrole nitrogens is 1. The van der Waals surface area contributed by atoms with Crippen LogP contribution >= 0.6 is 11.6 Å². The van der Waals surface area contributed by atoms with Crippen LogP contribution in [0.2, 0.25) is 5.02 Å². The number of rotatable bonds is 2. The highest BCUT2D eigenvalue weighted by atomic mass is 35.5. The van der Waals surface area contributed by atoms with Crippen molar-refractivity contribution >= 4 is 28.3 Å². The number of pyridine rings is 1. The average Bonchev–Trinajstić information content (AvgIpc) is 2.70. The number of carbonyl (C=O) groups excluding carboxylic acids is 1. The Kier molecular flexibility index (Phi) is 4.84. The second-order valence-corrected chi connectivity index (χ2v) is 7.23. The third kappa shape index (κ3) is 3.28. The van der Waals surface area contributed by atoms with Crippen LogP contribution in [0, 0.1) is 17.5 Å². The molecule has 2 N–H and O–H groups in total. The number of aromatic nitrogens is 1. The van der Waals surface area contributed by atoms with Gasteiger partial charge in [-0.2, -0.15) is 0 Å². The zero-order chi connectivity index (χ0) is 20.9. The average molecular weight is 422 g/mol. The molecule has 0 aliphatic carbocycles. The summed E-state index contributed by atoms with van der Waals surface area (Å²) in [7, 11) is 1.49. The van der Waals surface area contributed by atoms with Gasteiger partial charge in [-0.15, -0.1) is 0 Å². The second kappa shape index (κ2) is 7.20. The van der Waals surface area contributed by atoms with Crippen molar-refractivity contribution in [3.63, 3.8) is 0 Å². The zero-order valence-corrected chi connectivity index (χ0v) is 15.9. The molecule has 2 aromatic carbocycles. The molecule has 1 unspecified atom stereocenters. The predicted octanol–water partition coefficient (Wildman–Crippen LogP) is 3.52. The molecular weight excluding hydrogens is 407 g/mol. The maximum absolute atomic E-state index is 13.8. The van der Waals surface area contributed by atoms with Gasteiger partial charge in [0.2, 0.25) is 0 Å². The van der Waals surface area contributed by atoms with Crippen LogP contribution in [0.1, 0.15) is 27.7 Å². The SMILES string of the molecule is CN(C(=O)c1cc(F)c(Cl)c(F)c1)C1CNCc2[nH]c(=O)c3cc(F)ccc3c21. The molecule has 5 nitrogen and oxygen atoms in total. The molecular formula is C20H15ClF3N3O2. The van der Waals surface area contributed by atoms with Crippen molar-refractivity contribution in [2.45, 2.75) is 12.6 Å². The molecule has 0 bridgehead atoms. The maximum Gasteiger partial charge on any atom is 0.256 e. The summed E-state index contributed by atoms with van der Waals surface area (Å²) >= 11 is 5.49. The van der Waals surface area contributed by atoms with Gasteiger partial charge in [-0.1, -0.05) is 17.7 Å². The molecule has 2 heterocycles. The van der Waals surface area contributed by atoms with Crippen molar-refractivity contribution in [2.75, 3.05) is 13.6 Å². The fourth-order valence-electron chi connectivity index (χ4n) is 3.68. The first-order valence-electron chi connectivity index (χ1n) is 8.74. The minimum Gasteiger partial charge on any atom is -0.333 e. The summed E-state index contributed by atoms with van der Waals surface area (Å²) < 4.78 is 41.3. The van der Waals surface area contributed by atoms with Crippen LogP contribution in [0.15, 0.2) is 35.1 Å². The topological polar surface area (TPSA) is 65.2 Å². The first-order chi connectivity index (χ1) is 13.8. The van der Waals surface area contributed by atoms with Crippen molar-refractivity contribution < 1.29 is 18.0 Å². The Morgan fingerprint density at radius 1 is 1.14 bits per heavy atom. The van der Waals surface area contributed by atoms with E-state index in [0.717, 1.165) is 18.2 Å². The lowest BCUT2D eigenvalue weighted by atomic mass is 9.93. The van der Waals surface area contributed by atoms with Crippen molar-refractivity contribution in [1.29, 1.82) is 0 Å². The smallest absolute Gasteiger partial charge is 0.256 e. The summed E-state index contributed by atoms with van der Waals surface area (Å²) in [5.74, 6) is -3.24. The summed E-state index contributed by atoms with van der Waals surface area (Å²) in [6, 6.07) is 5.07. The Morgan fingerprint density at radius 3 is 2.52 bits per heavy atom. The number of benzene rings is 2. The largest absolute Gasteiger partial charge is 0.333 e. The van der Waals surface area contributed by atoms with E-state index in [-0.39, 0.29) is 10.9 Å². The summed E-state index contributed by atoms with van der Waals surface area (Å²) in [6.07, 6.45) is 0. The lowest BCUT2D eigenvalue weighted by Gasteiger charge is -2.34. The number of aromatic amines is 1. The monoisotopic (exact) mass is 421 g/mol. The highest BCUT2D eigenvalue weighted by Gasteiger charge is 2.30. The Labute approximate surface area is 168 Å². The fourth-order valence-corrected chi connectivity index (χ4v) is 3.79. The molecule has 1 aromatic heterocycles. The van der Waals surface area contributed by atoms with Gasteiger partial charge < -0.3 is 15.2 Å². The van der Waals surface area contributed by atoms with Crippen LogP contribution in [0.4, 0.5) is 13.2 Å². The molecule has 3 aromatic rings. The fraction of sp³-hybridized carbons (Fsp3) is 0.200. The Bertz CT molecular complexity index is 1190. The molecule has 1 amide bonds. The van der Waals surface area contributed by atoms with E-state index in [1.807, 2.05) is 0 Å². The Hall–Kier alpha value is -2.84. The lowest BCUT2D eigenvalue weighted by molar-refractivity contribution is 0.0722. The van der Waals surface area contributed by atoms with Crippen LogP contribution in [-0.2, 0) is 6.54 Å². The van der Waals surface area contributed by atoms with Gasteiger partial charge in [-0.05, 0) is 29.7 Å². The van der Waals surface area contributed by atoms with E-state index >= 15 is 0 Å². The van der Waals surface area contributed by atoms with E-state index in [9.17, 15) is 22.8 Å². The summed E-state index contributed by atoms with van der Waals surface area (Å²) in [5.41, 5.74) is 0.595. The quantitative estimate of drug-likeness (QED) is 0.622. The van der Waals surface area contributed by atoms with Gasteiger partial charge in [0.25, 0.3) is 11.5 Å². The van der Waals surface area contributed by atoms with Crippen molar-refractivity contribution in [2.24, 2.45) is 0 Å². The highest BCUT2D eigenvalue weighted by molar-refractivity contribution is 6.31. The van der Waals surface area contributed by atoms with E-state index in [2.05, 4.69) is 10.3 Å². The molecule has 0 saturated heterocycles. The number of nitrogens with zero attached hydrogens (tertiary/aromatic N) is 1.